The monoisotopic (exact) mass is 306 g/mol. The Morgan fingerprint density at radius 2 is 1.62 bits per heavy atom. The van der Waals surface area contributed by atoms with Crippen LogP contribution in [0.3, 0.4) is 0 Å². The molecule has 0 amide bonds. The van der Waals surface area contributed by atoms with Gasteiger partial charge in [0.25, 0.3) is 0 Å². The first-order valence-corrected chi connectivity index (χ1v) is 7.38. The summed E-state index contributed by atoms with van der Waals surface area (Å²) in [5, 5.41) is 4.00. The summed E-state index contributed by atoms with van der Waals surface area (Å²) in [5.74, 6) is 0.451. The number of anilines is 1. The molecule has 2 rings (SSSR count). The maximum absolute atomic E-state index is 5.53. The Hall–Kier alpha value is -1.96. The molecular weight excluding hydrogens is 288 g/mol. The predicted molar refractivity (Wildman–Crippen MR) is 80.8 cm³/mol. The zero-order chi connectivity index (χ0) is 15.4. The van der Waals surface area contributed by atoms with Crippen LogP contribution in [0.25, 0.3) is 0 Å². The van der Waals surface area contributed by atoms with Crippen molar-refractivity contribution in [2.75, 3.05) is 12.4 Å². The van der Waals surface area contributed by atoms with Crippen LogP contribution in [0.2, 0.25) is 0 Å². The first-order valence-electron chi connectivity index (χ1n) is 6.57. The number of hydrogen-bond acceptors (Lipinski definition) is 8. The summed E-state index contributed by atoms with van der Waals surface area (Å²) in [6, 6.07) is 2.21. The van der Waals surface area contributed by atoms with Crippen molar-refractivity contribution in [3.63, 3.8) is 0 Å². The van der Waals surface area contributed by atoms with Gasteiger partial charge in [-0.2, -0.15) is 15.0 Å². The zero-order valence-electron chi connectivity index (χ0n) is 12.7. The van der Waals surface area contributed by atoms with E-state index in [4.69, 9.17) is 4.74 Å². The highest BCUT2D eigenvalue weighted by Crippen LogP contribution is 2.24. The molecule has 0 atom stereocenters. The van der Waals surface area contributed by atoms with Gasteiger partial charge in [-0.1, -0.05) is 0 Å². The van der Waals surface area contributed by atoms with E-state index >= 15 is 0 Å². The Morgan fingerprint density at radius 3 is 2.19 bits per heavy atom. The van der Waals surface area contributed by atoms with Gasteiger partial charge in [0.05, 0.1) is 6.10 Å². The first kappa shape index (κ1) is 15.4. The summed E-state index contributed by atoms with van der Waals surface area (Å²) in [6.07, 6.45) is -0.00702. The molecule has 0 bridgehead atoms. The fourth-order valence-electron chi connectivity index (χ4n) is 1.58. The molecule has 7 nitrogen and oxygen atoms in total. The van der Waals surface area contributed by atoms with Crippen LogP contribution < -0.4 is 10.1 Å². The van der Waals surface area contributed by atoms with Crippen LogP contribution >= 0.6 is 11.8 Å². The average molecular weight is 306 g/mol. The van der Waals surface area contributed by atoms with E-state index in [0.29, 0.717) is 16.3 Å². The van der Waals surface area contributed by atoms with Crippen LogP contribution in [0, 0.1) is 13.8 Å². The third-order valence-electron chi connectivity index (χ3n) is 2.30. The maximum Gasteiger partial charge on any atom is 0.322 e. The normalized spacial score (nSPS) is 10.8. The van der Waals surface area contributed by atoms with E-state index in [1.54, 1.807) is 7.05 Å². The summed E-state index contributed by atoms with van der Waals surface area (Å²) in [5.41, 5.74) is 1.82. The minimum atomic E-state index is -0.00702. The van der Waals surface area contributed by atoms with E-state index in [-0.39, 0.29) is 12.1 Å². The number of aryl methyl sites for hydroxylation is 2. The molecule has 2 heterocycles. The van der Waals surface area contributed by atoms with Crippen molar-refractivity contribution in [2.24, 2.45) is 0 Å². The molecule has 0 saturated carbocycles. The number of hydrogen-bond donors (Lipinski definition) is 1. The topological polar surface area (TPSA) is 85.7 Å². The van der Waals surface area contributed by atoms with Crippen molar-refractivity contribution < 1.29 is 4.74 Å². The average Bonchev–Trinajstić information content (AvgIpc) is 2.36. The van der Waals surface area contributed by atoms with Gasteiger partial charge in [0.1, 0.15) is 0 Å². The number of ether oxygens (including phenoxy) is 1. The van der Waals surface area contributed by atoms with Crippen molar-refractivity contribution in [1.29, 1.82) is 0 Å². The van der Waals surface area contributed by atoms with Gasteiger partial charge in [-0.05, 0) is 45.5 Å². The highest BCUT2D eigenvalue weighted by Gasteiger charge is 2.11. The van der Waals surface area contributed by atoms with Gasteiger partial charge in [-0.15, -0.1) is 0 Å². The fourth-order valence-corrected chi connectivity index (χ4v) is 2.38. The standard InChI is InChI=1S/C13H18N6OS/c1-7(2)20-11-17-10(14-5)18-13(19-11)21-12-15-8(3)6-9(4)16-12/h6-7H,1-5H3,(H,14,17,18,19). The molecule has 1 N–H and O–H groups in total. The Labute approximate surface area is 128 Å². The van der Waals surface area contributed by atoms with Gasteiger partial charge in [0.2, 0.25) is 11.1 Å². The minimum absolute atomic E-state index is 0.00702. The molecule has 0 spiro atoms. The molecule has 0 saturated heterocycles. The van der Waals surface area contributed by atoms with Crippen LogP contribution in [-0.2, 0) is 0 Å². The van der Waals surface area contributed by atoms with E-state index < -0.39 is 0 Å². The third-order valence-corrected chi connectivity index (χ3v) is 3.03. The summed E-state index contributed by atoms with van der Waals surface area (Å²) in [7, 11) is 1.75. The van der Waals surface area contributed by atoms with Crippen molar-refractivity contribution in [2.45, 2.75) is 44.1 Å². The van der Waals surface area contributed by atoms with Gasteiger partial charge in [0, 0.05) is 18.4 Å². The number of nitrogens with one attached hydrogen (secondary N) is 1. The molecule has 0 aliphatic rings. The van der Waals surface area contributed by atoms with Crippen molar-refractivity contribution in [1.82, 2.24) is 24.9 Å². The summed E-state index contributed by atoms with van der Waals surface area (Å²) in [4.78, 5) is 21.4. The summed E-state index contributed by atoms with van der Waals surface area (Å²) < 4.78 is 5.53. The van der Waals surface area contributed by atoms with E-state index in [1.807, 2.05) is 33.8 Å². The van der Waals surface area contributed by atoms with Crippen LogP contribution in [-0.4, -0.2) is 38.1 Å². The van der Waals surface area contributed by atoms with Gasteiger partial charge in [0.15, 0.2) is 5.16 Å². The van der Waals surface area contributed by atoms with Gasteiger partial charge >= 0.3 is 6.01 Å². The van der Waals surface area contributed by atoms with Crippen molar-refractivity contribution in [3.8, 4) is 6.01 Å². The predicted octanol–water partition coefficient (Wildman–Crippen LogP) is 2.26. The number of nitrogens with zero attached hydrogens (tertiary/aromatic N) is 5. The van der Waals surface area contributed by atoms with Crippen LogP contribution in [0.1, 0.15) is 25.2 Å². The van der Waals surface area contributed by atoms with E-state index in [9.17, 15) is 0 Å². The lowest BCUT2D eigenvalue weighted by molar-refractivity contribution is 0.219. The Morgan fingerprint density at radius 1 is 1.00 bits per heavy atom. The smallest absolute Gasteiger partial charge is 0.322 e. The molecule has 0 aromatic carbocycles. The molecule has 2 aromatic heterocycles. The van der Waals surface area contributed by atoms with Crippen LogP contribution in [0.5, 0.6) is 6.01 Å². The van der Waals surface area contributed by atoms with E-state index in [2.05, 4.69) is 30.2 Å². The Balaban J connectivity index is 2.29. The molecule has 112 valence electrons. The largest absolute Gasteiger partial charge is 0.461 e. The molecule has 0 radical (unpaired) electrons. The molecule has 0 aliphatic carbocycles. The highest BCUT2D eigenvalue weighted by atomic mass is 32.2. The van der Waals surface area contributed by atoms with E-state index in [1.165, 1.54) is 11.8 Å². The van der Waals surface area contributed by atoms with Crippen LogP contribution in [0.15, 0.2) is 16.4 Å². The maximum atomic E-state index is 5.53. The van der Waals surface area contributed by atoms with Crippen molar-refractivity contribution >= 4 is 17.7 Å². The number of rotatable bonds is 5. The Kier molecular flexibility index (Phi) is 4.89. The lowest BCUT2D eigenvalue weighted by Crippen LogP contribution is -2.11. The van der Waals surface area contributed by atoms with Crippen LogP contribution in [0.4, 0.5) is 5.95 Å². The summed E-state index contributed by atoms with van der Waals surface area (Å²) in [6.45, 7) is 7.70. The van der Waals surface area contributed by atoms with E-state index in [0.717, 1.165) is 11.4 Å². The molecule has 8 heteroatoms. The third kappa shape index (κ3) is 4.52. The van der Waals surface area contributed by atoms with Gasteiger partial charge in [-0.3, -0.25) is 0 Å². The van der Waals surface area contributed by atoms with Gasteiger partial charge < -0.3 is 10.1 Å². The quantitative estimate of drug-likeness (QED) is 0.842. The SMILES string of the molecule is CNc1nc(OC(C)C)nc(Sc2nc(C)cc(C)n2)n1. The second-order valence-corrected chi connectivity index (χ2v) is 5.61. The number of aromatic nitrogens is 5. The minimum Gasteiger partial charge on any atom is -0.461 e. The second-order valence-electron chi connectivity index (χ2n) is 4.68. The Bertz CT molecular complexity index is 614. The summed E-state index contributed by atoms with van der Waals surface area (Å²) >= 11 is 1.28. The first-order chi connectivity index (χ1) is 9.96. The second kappa shape index (κ2) is 6.66. The van der Waals surface area contributed by atoms with Crippen molar-refractivity contribution in [3.05, 3.63) is 17.5 Å². The lowest BCUT2D eigenvalue weighted by atomic mass is 10.4. The molecule has 0 unspecified atom stereocenters. The fraction of sp³-hybridized carbons (Fsp3) is 0.462. The zero-order valence-corrected chi connectivity index (χ0v) is 13.5. The highest BCUT2D eigenvalue weighted by molar-refractivity contribution is 7.99. The molecule has 2 aromatic rings. The molecule has 0 aliphatic heterocycles. The van der Waals surface area contributed by atoms with Gasteiger partial charge in [-0.25, -0.2) is 9.97 Å². The molecule has 0 fully saturated rings. The molecular formula is C13H18N6OS. The molecule has 21 heavy (non-hydrogen) atoms. The lowest BCUT2D eigenvalue weighted by Gasteiger charge is -2.09.